The van der Waals surface area contributed by atoms with Crippen LogP contribution in [0.1, 0.15) is 36.9 Å². The summed E-state index contributed by atoms with van der Waals surface area (Å²) in [5.74, 6) is 1.30. The van der Waals surface area contributed by atoms with Gasteiger partial charge in [0.05, 0.1) is 12.2 Å². The van der Waals surface area contributed by atoms with Crippen LogP contribution in [0.2, 0.25) is 0 Å². The molecule has 0 amide bonds. The minimum Gasteiger partial charge on any atom is -0.375 e. The molecule has 0 aliphatic rings. The van der Waals surface area contributed by atoms with Crippen LogP contribution in [0, 0.1) is 0 Å². The number of rotatable bonds is 8. The van der Waals surface area contributed by atoms with Gasteiger partial charge in [-0.25, -0.2) is 4.98 Å². The van der Waals surface area contributed by atoms with Crippen LogP contribution in [-0.2, 0) is 6.54 Å². The Kier molecular flexibility index (Phi) is 10.6. The number of nitrogens with one attached hydrogen (secondary N) is 2. The second-order valence-electron chi connectivity index (χ2n) is 6.28. The molecule has 144 valence electrons. The summed E-state index contributed by atoms with van der Waals surface area (Å²) < 4.78 is 0. The molecule has 2 rings (SSSR count). The SMILES string of the molecule is CN=C(NCCCN(C)c1ccccc1)NCc1nc(C(C)C)cs1.I. The Balaban J connectivity index is 0.00000338. The molecule has 1 aromatic carbocycles. The van der Waals surface area contributed by atoms with Crippen LogP contribution in [0.5, 0.6) is 0 Å². The number of aliphatic imine (C=N–C) groups is 1. The van der Waals surface area contributed by atoms with Crippen molar-refractivity contribution in [1.82, 2.24) is 15.6 Å². The Bertz CT molecular complexity index is 657. The van der Waals surface area contributed by atoms with Gasteiger partial charge in [0.2, 0.25) is 0 Å². The molecule has 0 saturated carbocycles. The van der Waals surface area contributed by atoms with E-state index in [1.807, 2.05) is 6.07 Å². The van der Waals surface area contributed by atoms with Crippen molar-refractivity contribution in [2.75, 3.05) is 32.1 Å². The molecule has 0 spiro atoms. The second kappa shape index (κ2) is 12.1. The van der Waals surface area contributed by atoms with Gasteiger partial charge in [-0.15, -0.1) is 35.3 Å². The van der Waals surface area contributed by atoms with E-state index in [2.05, 4.69) is 76.1 Å². The third kappa shape index (κ3) is 7.49. The Morgan fingerprint density at radius 2 is 1.96 bits per heavy atom. The first kappa shape index (κ1) is 22.7. The van der Waals surface area contributed by atoms with E-state index in [1.54, 1.807) is 18.4 Å². The molecule has 0 radical (unpaired) electrons. The molecule has 0 aliphatic heterocycles. The van der Waals surface area contributed by atoms with Crippen molar-refractivity contribution in [1.29, 1.82) is 0 Å². The summed E-state index contributed by atoms with van der Waals surface area (Å²) in [6.45, 7) is 6.92. The zero-order valence-electron chi connectivity index (χ0n) is 16.0. The monoisotopic (exact) mass is 487 g/mol. The van der Waals surface area contributed by atoms with Gasteiger partial charge in [0.1, 0.15) is 5.01 Å². The first-order chi connectivity index (χ1) is 12.1. The van der Waals surface area contributed by atoms with Crippen LogP contribution in [0.3, 0.4) is 0 Å². The van der Waals surface area contributed by atoms with Crippen molar-refractivity contribution in [3.05, 3.63) is 46.4 Å². The van der Waals surface area contributed by atoms with Crippen molar-refractivity contribution in [2.45, 2.75) is 32.7 Å². The quantitative estimate of drug-likeness (QED) is 0.255. The maximum atomic E-state index is 4.64. The Labute approximate surface area is 178 Å². The minimum atomic E-state index is 0. The molecular weight excluding hydrogens is 457 g/mol. The molecule has 26 heavy (non-hydrogen) atoms. The van der Waals surface area contributed by atoms with E-state index in [4.69, 9.17) is 0 Å². The highest BCUT2D eigenvalue weighted by molar-refractivity contribution is 14.0. The predicted octanol–water partition coefficient (Wildman–Crippen LogP) is 4.08. The lowest BCUT2D eigenvalue weighted by Crippen LogP contribution is -2.38. The fraction of sp³-hybridized carbons (Fsp3) is 0.474. The van der Waals surface area contributed by atoms with Gasteiger partial charge >= 0.3 is 0 Å². The zero-order valence-corrected chi connectivity index (χ0v) is 19.2. The number of halogens is 1. The molecular formula is C19H30IN5S. The third-order valence-electron chi connectivity index (χ3n) is 3.95. The highest BCUT2D eigenvalue weighted by Crippen LogP contribution is 2.17. The molecule has 0 unspecified atom stereocenters. The summed E-state index contributed by atoms with van der Waals surface area (Å²) in [4.78, 5) is 11.2. The van der Waals surface area contributed by atoms with E-state index < -0.39 is 0 Å². The molecule has 7 heteroatoms. The standard InChI is InChI=1S/C19H29N5S.HI/c1-15(2)17-14-25-18(23-17)13-22-19(20-3)21-11-8-12-24(4)16-9-6-5-7-10-16;/h5-7,9-10,14-15H,8,11-13H2,1-4H3,(H2,20,21,22);1H. The van der Waals surface area contributed by atoms with Crippen LogP contribution in [0.4, 0.5) is 5.69 Å². The van der Waals surface area contributed by atoms with Gasteiger partial charge in [0, 0.05) is 38.3 Å². The number of anilines is 1. The first-order valence-electron chi connectivity index (χ1n) is 8.75. The van der Waals surface area contributed by atoms with Crippen molar-refractivity contribution in [3.8, 4) is 0 Å². The lowest BCUT2D eigenvalue weighted by Gasteiger charge is -2.19. The summed E-state index contributed by atoms with van der Waals surface area (Å²) in [5.41, 5.74) is 2.41. The topological polar surface area (TPSA) is 52.6 Å². The van der Waals surface area contributed by atoms with Gasteiger partial charge in [-0.3, -0.25) is 4.99 Å². The summed E-state index contributed by atoms with van der Waals surface area (Å²) in [6, 6.07) is 10.4. The minimum absolute atomic E-state index is 0. The van der Waals surface area contributed by atoms with Crippen LogP contribution in [0.15, 0.2) is 40.7 Å². The van der Waals surface area contributed by atoms with Crippen molar-refractivity contribution >= 4 is 47.0 Å². The lowest BCUT2D eigenvalue weighted by atomic mass is 10.2. The normalized spacial score (nSPS) is 11.2. The van der Waals surface area contributed by atoms with Crippen molar-refractivity contribution in [2.24, 2.45) is 4.99 Å². The number of guanidine groups is 1. The van der Waals surface area contributed by atoms with Crippen molar-refractivity contribution < 1.29 is 0 Å². The highest BCUT2D eigenvalue weighted by Gasteiger charge is 2.06. The Morgan fingerprint density at radius 1 is 1.23 bits per heavy atom. The fourth-order valence-corrected chi connectivity index (χ4v) is 3.28. The largest absolute Gasteiger partial charge is 0.375 e. The van der Waals surface area contributed by atoms with Crippen LogP contribution >= 0.6 is 35.3 Å². The molecule has 1 heterocycles. The Morgan fingerprint density at radius 3 is 2.58 bits per heavy atom. The molecule has 5 nitrogen and oxygen atoms in total. The molecule has 0 fully saturated rings. The van der Waals surface area contributed by atoms with E-state index in [0.29, 0.717) is 12.5 Å². The molecule has 2 aromatic rings. The fourth-order valence-electron chi connectivity index (χ4n) is 2.39. The third-order valence-corrected chi connectivity index (χ3v) is 4.82. The maximum absolute atomic E-state index is 4.64. The number of aromatic nitrogens is 1. The predicted molar refractivity (Wildman–Crippen MR) is 124 cm³/mol. The number of benzene rings is 1. The van der Waals surface area contributed by atoms with E-state index in [1.165, 1.54) is 5.69 Å². The molecule has 1 aromatic heterocycles. The van der Waals surface area contributed by atoms with E-state index in [0.717, 1.165) is 36.2 Å². The number of thiazole rings is 1. The Hall–Kier alpha value is -1.35. The van der Waals surface area contributed by atoms with E-state index in [-0.39, 0.29) is 24.0 Å². The van der Waals surface area contributed by atoms with E-state index in [9.17, 15) is 0 Å². The molecule has 0 atom stereocenters. The highest BCUT2D eigenvalue weighted by atomic mass is 127. The zero-order chi connectivity index (χ0) is 18.1. The molecule has 0 aliphatic carbocycles. The summed E-state index contributed by atoms with van der Waals surface area (Å²) >= 11 is 1.70. The molecule has 0 saturated heterocycles. The number of hydrogen-bond acceptors (Lipinski definition) is 4. The maximum Gasteiger partial charge on any atom is 0.191 e. The molecule has 2 N–H and O–H groups in total. The number of hydrogen-bond donors (Lipinski definition) is 2. The van der Waals surface area contributed by atoms with Gasteiger partial charge in [-0.2, -0.15) is 0 Å². The number of para-hydroxylation sites is 1. The van der Waals surface area contributed by atoms with Crippen LogP contribution in [0.25, 0.3) is 0 Å². The van der Waals surface area contributed by atoms with Gasteiger partial charge in [0.25, 0.3) is 0 Å². The average Bonchev–Trinajstić information content (AvgIpc) is 3.11. The molecule has 0 bridgehead atoms. The second-order valence-corrected chi connectivity index (χ2v) is 7.23. The average molecular weight is 487 g/mol. The van der Waals surface area contributed by atoms with Crippen LogP contribution < -0.4 is 15.5 Å². The number of nitrogens with zero attached hydrogens (tertiary/aromatic N) is 3. The summed E-state index contributed by atoms with van der Waals surface area (Å²) in [5, 5.41) is 9.93. The van der Waals surface area contributed by atoms with E-state index >= 15 is 0 Å². The van der Waals surface area contributed by atoms with Crippen molar-refractivity contribution in [3.63, 3.8) is 0 Å². The summed E-state index contributed by atoms with van der Waals surface area (Å²) in [6.07, 6.45) is 1.04. The van der Waals surface area contributed by atoms with Gasteiger partial charge < -0.3 is 15.5 Å². The van der Waals surface area contributed by atoms with Gasteiger partial charge in [-0.1, -0.05) is 32.0 Å². The first-order valence-corrected chi connectivity index (χ1v) is 9.63. The lowest BCUT2D eigenvalue weighted by molar-refractivity contribution is 0.727. The van der Waals surface area contributed by atoms with Gasteiger partial charge in [0.15, 0.2) is 5.96 Å². The van der Waals surface area contributed by atoms with Gasteiger partial charge in [-0.05, 0) is 24.5 Å². The van der Waals surface area contributed by atoms with Crippen LogP contribution in [-0.4, -0.2) is 38.1 Å². The smallest absolute Gasteiger partial charge is 0.191 e. The summed E-state index contributed by atoms with van der Waals surface area (Å²) in [7, 11) is 3.92.